The van der Waals surface area contributed by atoms with E-state index in [4.69, 9.17) is 9.52 Å². The second kappa shape index (κ2) is 8.99. The van der Waals surface area contributed by atoms with Crippen LogP contribution in [0.3, 0.4) is 0 Å². The molecule has 1 N–H and O–H groups in total. The van der Waals surface area contributed by atoms with Crippen LogP contribution in [-0.2, 0) is 9.59 Å². The summed E-state index contributed by atoms with van der Waals surface area (Å²) in [6.07, 6.45) is 1.59. The summed E-state index contributed by atoms with van der Waals surface area (Å²) in [4.78, 5) is 37.3. The zero-order chi connectivity index (χ0) is 23.6. The Hall–Kier alpha value is -4.03. The Balaban J connectivity index is 2.07. The van der Waals surface area contributed by atoms with Crippen molar-refractivity contribution in [1.29, 1.82) is 5.26 Å². The molecule has 2 amide bonds. The average Bonchev–Trinajstić information content (AvgIpc) is 3.21. The standard InChI is InChI=1S/C23H21N3O6/c1-13-9-18(20(26(30)31)10-14(13)2)21-6-5-16(32-21)11-17-15(3)19(12-24)23(29)25(22(17)28)7-4-8-27/h5-6,9-11,27H,4,7-8H2,1-3H3. The van der Waals surface area contributed by atoms with Crippen molar-refractivity contribution < 1.29 is 24.0 Å². The second-order valence-corrected chi connectivity index (χ2v) is 7.42. The molecule has 0 saturated heterocycles. The number of hydrogen-bond acceptors (Lipinski definition) is 7. The summed E-state index contributed by atoms with van der Waals surface area (Å²) < 4.78 is 5.78. The zero-order valence-electron chi connectivity index (χ0n) is 17.8. The maximum Gasteiger partial charge on any atom is 0.280 e. The summed E-state index contributed by atoms with van der Waals surface area (Å²) in [6.45, 7) is 4.88. The highest BCUT2D eigenvalue weighted by Gasteiger charge is 2.35. The molecule has 0 radical (unpaired) electrons. The summed E-state index contributed by atoms with van der Waals surface area (Å²) in [5.74, 6) is -0.809. The molecule has 0 aliphatic carbocycles. The van der Waals surface area contributed by atoms with Gasteiger partial charge >= 0.3 is 0 Å². The molecule has 1 aliphatic rings. The number of rotatable bonds is 6. The fourth-order valence-electron chi connectivity index (χ4n) is 3.43. The van der Waals surface area contributed by atoms with Crippen LogP contribution < -0.4 is 0 Å². The highest BCUT2D eigenvalue weighted by molar-refractivity contribution is 6.19. The van der Waals surface area contributed by atoms with Crippen LogP contribution in [0.15, 0.2) is 45.4 Å². The Labute approximate surface area is 184 Å². The van der Waals surface area contributed by atoms with E-state index in [9.17, 15) is 25.0 Å². The molecule has 0 bridgehead atoms. The molecule has 0 atom stereocenters. The number of nitrogens with zero attached hydrogens (tertiary/aromatic N) is 3. The molecule has 1 aromatic carbocycles. The molecule has 9 nitrogen and oxygen atoms in total. The summed E-state index contributed by atoms with van der Waals surface area (Å²) in [7, 11) is 0. The molecule has 2 aromatic rings. The summed E-state index contributed by atoms with van der Waals surface area (Å²) in [5, 5.41) is 30.0. The Bertz CT molecular complexity index is 1230. The lowest BCUT2D eigenvalue weighted by molar-refractivity contribution is -0.384. The molecule has 1 aliphatic heterocycles. The predicted molar refractivity (Wildman–Crippen MR) is 115 cm³/mol. The maximum atomic E-state index is 12.9. The molecule has 0 spiro atoms. The van der Waals surface area contributed by atoms with Gasteiger partial charge in [0.2, 0.25) is 0 Å². The van der Waals surface area contributed by atoms with Gasteiger partial charge in [-0.1, -0.05) is 0 Å². The predicted octanol–water partition coefficient (Wildman–Crippen LogP) is 3.45. The number of aliphatic hydroxyl groups excluding tert-OH is 1. The van der Waals surface area contributed by atoms with Crippen molar-refractivity contribution in [3.63, 3.8) is 0 Å². The van der Waals surface area contributed by atoms with E-state index in [1.54, 1.807) is 25.1 Å². The van der Waals surface area contributed by atoms with Gasteiger partial charge in [-0.25, -0.2) is 0 Å². The number of hydrogen-bond donors (Lipinski definition) is 1. The number of amides is 2. The number of aliphatic hydroxyl groups is 1. The van der Waals surface area contributed by atoms with E-state index in [1.165, 1.54) is 19.1 Å². The lowest BCUT2D eigenvalue weighted by Gasteiger charge is -2.27. The van der Waals surface area contributed by atoms with Crippen LogP contribution >= 0.6 is 0 Å². The van der Waals surface area contributed by atoms with Gasteiger partial charge < -0.3 is 9.52 Å². The molecule has 9 heteroatoms. The van der Waals surface area contributed by atoms with Gasteiger partial charge in [0.15, 0.2) is 0 Å². The van der Waals surface area contributed by atoms with Crippen molar-refractivity contribution in [3.8, 4) is 17.4 Å². The van der Waals surface area contributed by atoms with Crippen LogP contribution in [0.4, 0.5) is 5.69 Å². The molecule has 0 fully saturated rings. The number of carbonyl (C=O) groups is 2. The van der Waals surface area contributed by atoms with Crippen molar-refractivity contribution in [2.75, 3.05) is 13.2 Å². The van der Waals surface area contributed by atoms with Gasteiger partial charge in [-0.15, -0.1) is 0 Å². The topological polar surface area (TPSA) is 138 Å². The number of carbonyl (C=O) groups excluding carboxylic acids is 2. The van der Waals surface area contributed by atoms with Crippen molar-refractivity contribution >= 4 is 23.6 Å². The summed E-state index contributed by atoms with van der Waals surface area (Å²) >= 11 is 0. The maximum absolute atomic E-state index is 12.9. The van der Waals surface area contributed by atoms with E-state index in [0.29, 0.717) is 5.56 Å². The van der Waals surface area contributed by atoms with Gasteiger partial charge in [0.1, 0.15) is 23.2 Å². The van der Waals surface area contributed by atoms with Crippen LogP contribution in [0.25, 0.3) is 17.4 Å². The highest BCUT2D eigenvalue weighted by atomic mass is 16.6. The third kappa shape index (κ3) is 4.08. The van der Waals surface area contributed by atoms with Gasteiger partial charge in [-0.2, -0.15) is 5.26 Å². The number of nitriles is 1. The monoisotopic (exact) mass is 435 g/mol. The third-order valence-corrected chi connectivity index (χ3v) is 5.35. The first kappa shape index (κ1) is 22.7. The first-order valence-corrected chi connectivity index (χ1v) is 9.85. The largest absolute Gasteiger partial charge is 0.456 e. The van der Waals surface area contributed by atoms with Crippen LogP contribution in [0.2, 0.25) is 0 Å². The Kier molecular flexibility index (Phi) is 6.37. The van der Waals surface area contributed by atoms with E-state index in [-0.39, 0.29) is 53.5 Å². The Morgan fingerprint density at radius 1 is 1.19 bits per heavy atom. The number of furan rings is 1. The smallest absolute Gasteiger partial charge is 0.280 e. The number of imide groups is 1. The lowest BCUT2D eigenvalue weighted by Crippen LogP contribution is -2.43. The van der Waals surface area contributed by atoms with E-state index in [2.05, 4.69) is 0 Å². The van der Waals surface area contributed by atoms with E-state index >= 15 is 0 Å². The van der Waals surface area contributed by atoms with Crippen LogP contribution in [-0.4, -0.2) is 39.9 Å². The molecular formula is C23H21N3O6. The molecule has 0 unspecified atom stereocenters. The molecule has 1 aromatic heterocycles. The summed E-state index contributed by atoms with van der Waals surface area (Å²) in [5.41, 5.74) is 2.01. The van der Waals surface area contributed by atoms with E-state index in [1.807, 2.05) is 13.0 Å². The van der Waals surface area contributed by atoms with Crippen molar-refractivity contribution in [3.05, 3.63) is 68.0 Å². The van der Waals surface area contributed by atoms with E-state index < -0.39 is 16.7 Å². The fraction of sp³-hybridized carbons (Fsp3) is 0.261. The number of benzene rings is 1. The first-order valence-electron chi connectivity index (χ1n) is 9.85. The van der Waals surface area contributed by atoms with Gasteiger partial charge in [0.25, 0.3) is 17.5 Å². The molecule has 2 heterocycles. The molecule has 3 rings (SSSR count). The van der Waals surface area contributed by atoms with Crippen molar-refractivity contribution in [2.24, 2.45) is 0 Å². The quantitative estimate of drug-likeness (QED) is 0.317. The summed E-state index contributed by atoms with van der Waals surface area (Å²) in [6, 6.07) is 8.11. The second-order valence-electron chi connectivity index (χ2n) is 7.42. The minimum atomic E-state index is -0.702. The minimum absolute atomic E-state index is 0.0256. The van der Waals surface area contributed by atoms with Gasteiger partial charge in [-0.3, -0.25) is 24.6 Å². The molecule has 164 valence electrons. The fourth-order valence-corrected chi connectivity index (χ4v) is 3.43. The van der Waals surface area contributed by atoms with E-state index in [0.717, 1.165) is 16.0 Å². The minimum Gasteiger partial charge on any atom is -0.456 e. The van der Waals surface area contributed by atoms with Gasteiger partial charge in [0.05, 0.1) is 10.5 Å². The Morgan fingerprint density at radius 2 is 1.88 bits per heavy atom. The molecule has 0 saturated carbocycles. The van der Waals surface area contributed by atoms with Crippen LogP contribution in [0.1, 0.15) is 30.2 Å². The SMILES string of the molecule is CC1=C(C#N)C(=O)N(CCCO)C(=O)C1=Cc1ccc(-c2cc(C)c(C)cc2[N+](=O)[O-])o1. The molecule has 32 heavy (non-hydrogen) atoms. The third-order valence-electron chi connectivity index (χ3n) is 5.35. The van der Waals surface area contributed by atoms with Crippen LogP contribution in [0, 0.1) is 35.3 Å². The number of nitro benzene ring substituents is 1. The number of aryl methyl sites for hydroxylation is 2. The van der Waals surface area contributed by atoms with Crippen molar-refractivity contribution in [1.82, 2.24) is 4.90 Å². The average molecular weight is 435 g/mol. The highest BCUT2D eigenvalue weighted by Crippen LogP contribution is 2.35. The van der Waals surface area contributed by atoms with Gasteiger partial charge in [0, 0.05) is 24.8 Å². The van der Waals surface area contributed by atoms with Crippen molar-refractivity contribution in [2.45, 2.75) is 27.2 Å². The van der Waals surface area contributed by atoms with Gasteiger partial charge in [-0.05, 0) is 68.2 Å². The normalized spacial score (nSPS) is 15.5. The number of nitro groups is 1. The lowest BCUT2D eigenvalue weighted by atomic mass is 9.94. The Morgan fingerprint density at radius 3 is 2.50 bits per heavy atom. The first-order chi connectivity index (χ1) is 15.2. The molecular weight excluding hydrogens is 414 g/mol. The van der Waals surface area contributed by atoms with Crippen LogP contribution in [0.5, 0.6) is 0 Å². The zero-order valence-corrected chi connectivity index (χ0v) is 17.8.